The van der Waals surface area contributed by atoms with Gasteiger partial charge >= 0.3 is 5.97 Å². The minimum absolute atomic E-state index is 0.221. The first-order chi connectivity index (χ1) is 14.5. The zero-order chi connectivity index (χ0) is 22.8. The van der Waals surface area contributed by atoms with E-state index in [1.165, 1.54) is 16.7 Å². The van der Waals surface area contributed by atoms with Crippen LogP contribution in [0.2, 0.25) is 0 Å². The summed E-state index contributed by atoms with van der Waals surface area (Å²) >= 11 is 1.69. The molecular formula is C24H29N3O3S. The fraction of sp³-hybridized carbons (Fsp3) is 0.417. The number of carbonyl (C=O) groups excluding carboxylic acids is 1. The van der Waals surface area contributed by atoms with Gasteiger partial charge in [-0.05, 0) is 63.8 Å². The van der Waals surface area contributed by atoms with Crippen molar-refractivity contribution < 1.29 is 9.53 Å². The summed E-state index contributed by atoms with van der Waals surface area (Å²) < 4.78 is 6.85. The predicted molar refractivity (Wildman–Crippen MR) is 125 cm³/mol. The molecule has 0 aliphatic rings. The minimum Gasteiger partial charge on any atom is -0.457 e. The number of rotatable bonds is 6. The number of pyridine rings is 1. The highest BCUT2D eigenvalue weighted by Crippen LogP contribution is 2.19. The lowest BCUT2D eigenvalue weighted by Gasteiger charge is -2.19. The zero-order valence-corrected chi connectivity index (χ0v) is 19.7. The Bertz CT molecular complexity index is 1180. The van der Waals surface area contributed by atoms with Crippen molar-refractivity contribution >= 4 is 29.0 Å². The molecule has 0 bridgehead atoms. The van der Waals surface area contributed by atoms with E-state index in [1.807, 2.05) is 12.1 Å². The van der Waals surface area contributed by atoms with Crippen LogP contribution >= 0.6 is 11.3 Å². The second-order valence-electron chi connectivity index (χ2n) is 8.93. The number of carbonyl (C=O) groups is 1. The Kier molecular flexibility index (Phi) is 6.74. The maximum atomic E-state index is 12.8. The van der Waals surface area contributed by atoms with Crippen LogP contribution in [0, 0.1) is 0 Å². The summed E-state index contributed by atoms with van der Waals surface area (Å²) in [5.41, 5.74) is 2.70. The average molecular weight is 440 g/mol. The Morgan fingerprint density at radius 1 is 1.29 bits per heavy atom. The Morgan fingerprint density at radius 2 is 2.03 bits per heavy atom. The normalized spacial score (nSPS) is 12.5. The van der Waals surface area contributed by atoms with Gasteiger partial charge in [0.15, 0.2) is 0 Å². The number of fused-ring (bicyclic) bond motifs is 1. The van der Waals surface area contributed by atoms with Crippen molar-refractivity contribution in [1.82, 2.24) is 14.4 Å². The maximum absolute atomic E-state index is 12.8. The topological polar surface area (TPSA) is 73.6 Å². The van der Waals surface area contributed by atoms with Gasteiger partial charge in [-0.3, -0.25) is 9.20 Å². The Labute approximate surface area is 186 Å². The third-order valence-electron chi connectivity index (χ3n) is 4.68. The number of nitrogens with zero attached hydrogens (tertiary/aromatic N) is 3. The Morgan fingerprint density at radius 3 is 2.68 bits per heavy atom. The number of aryl methyl sites for hydroxylation is 2. The molecule has 0 radical (unpaired) electrons. The first-order valence-corrected chi connectivity index (χ1v) is 11.3. The summed E-state index contributed by atoms with van der Waals surface area (Å²) in [5, 5.41) is 3.24. The van der Waals surface area contributed by atoms with Gasteiger partial charge in [-0.2, -0.15) is 0 Å². The first-order valence-electron chi connectivity index (χ1n) is 10.4. The molecule has 0 aliphatic carbocycles. The van der Waals surface area contributed by atoms with E-state index >= 15 is 0 Å². The van der Waals surface area contributed by atoms with E-state index in [0.29, 0.717) is 22.7 Å². The first kappa shape index (κ1) is 22.9. The number of hydrogen-bond acceptors (Lipinski definition) is 6. The van der Waals surface area contributed by atoms with Crippen molar-refractivity contribution in [3.8, 4) is 0 Å². The molecule has 3 aromatic heterocycles. The number of aromatic nitrogens is 3. The summed E-state index contributed by atoms with van der Waals surface area (Å²) in [4.78, 5) is 34.1. The Hall–Kier alpha value is -2.80. The lowest BCUT2D eigenvalue weighted by Crippen LogP contribution is -2.24. The third kappa shape index (κ3) is 5.88. The van der Waals surface area contributed by atoms with E-state index in [2.05, 4.69) is 29.2 Å². The molecule has 0 amide bonds. The molecular weight excluding hydrogens is 410 g/mol. The third-order valence-corrected chi connectivity index (χ3v) is 5.61. The van der Waals surface area contributed by atoms with Crippen molar-refractivity contribution in [3.05, 3.63) is 67.7 Å². The fourth-order valence-corrected chi connectivity index (χ4v) is 3.95. The van der Waals surface area contributed by atoms with E-state index in [4.69, 9.17) is 4.74 Å². The summed E-state index contributed by atoms with van der Waals surface area (Å²) in [6.45, 7) is 11.3. The summed E-state index contributed by atoms with van der Waals surface area (Å²) in [6.07, 6.45) is 6.45. The van der Waals surface area contributed by atoms with E-state index in [0.717, 1.165) is 29.1 Å². The molecule has 0 fully saturated rings. The standard InChI is InChI=1S/C24H29N3O3S/c1-15(2)19-14-31-21(26-19)8-7-17-9-10-27-20(12-17)25-13-18(22(27)28)11-16(3)23(29)30-24(4,5)6/h9-15H,7-8H2,1-6H3/b16-11+. The molecule has 0 atom stereocenters. The lowest BCUT2D eigenvalue weighted by atomic mass is 10.1. The van der Waals surface area contributed by atoms with Gasteiger partial charge in [0.05, 0.1) is 16.3 Å². The molecule has 164 valence electrons. The largest absolute Gasteiger partial charge is 0.457 e. The van der Waals surface area contributed by atoms with Crippen LogP contribution < -0.4 is 5.56 Å². The Balaban J connectivity index is 1.78. The highest BCUT2D eigenvalue weighted by atomic mass is 32.1. The van der Waals surface area contributed by atoms with Crippen LogP contribution in [0.1, 0.15) is 69.3 Å². The molecule has 31 heavy (non-hydrogen) atoms. The molecule has 0 saturated heterocycles. The summed E-state index contributed by atoms with van der Waals surface area (Å²) in [7, 11) is 0. The van der Waals surface area contributed by atoms with E-state index < -0.39 is 11.6 Å². The molecule has 3 rings (SSSR count). The zero-order valence-electron chi connectivity index (χ0n) is 18.9. The van der Waals surface area contributed by atoms with Gasteiger partial charge < -0.3 is 4.74 Å². The van der Waals surface area contributed by atoms with Crippen LogP contribution in [-0.4, -0.2) is 25.9 Å². The van der Waals surface area contributed by atoms with Crippen molar-refractivity contribution in [3.63, 3.8) is 0 Å². The highest BCUT2D eigenvalue weighted by Gasteiger charge is 2.18. The smallest absolute Gasteiger partial charge is 0.334 e. The number of ether oxygens (including phenoxy) is 1. The van der Waals surface area contributed by atoms with Crippen LogP contribution in [0.3, 0.4) is 0 Å². The van der Waals surface area contributed by atoms with Crippen molar-refractivity contribution in [1.29, 1.82) is 0 Å². The molecule has 0 unspecified atom stereocenters. The van der Waals surface area contributed by atoms with E-state index in [-0.39, 0.29) is 5.56 Å². The summed E-state index contributed by atoms with van der Waals surface area (Å²) in [6, 6.07) is 3.86. The SMILES string of the molecule is C/C(=C\c1cnc2cc(CCc3nc(C(C)C)cs3)ccn2c1=O)C(=O)OC(C)(C)C. The van der Waals surface area contributed by atoms with Gasteiger partial charge in [0.2, 0.25) is 0 Å². The number of esters is 1. The van der Waals surface area contributed by atoms with Crippen LogP contribution in [0.25, 0.3) is 11.7 Å². The van der Waals surface area contributed by atoms with Crippen molar-refractivity contribution in [2.24, 2.45) is 0 Å². The van der Waals surface area contributed by atoms with E-state index in [1.54, 1.807) is 45.2 Å². The number of thiazole rings is 1. The molecule has 0 aromatic carbocycles. The van der Waals surface area contributed by atoms with Gasteiger partial charge in [0.25, 0.3) is 5.56 Å². The monoisotopic (exact) mass is 439 g/mol. The van der Waals surface area contributed by atoms with Gasteiger partial charge in [0, 0.05) is 29.8 Å². The van der Waals surface area contributed by atoms with Gasteiger partial charge in [-0.25, -0.2) is 14.8 Å². The molecule has 0 N–H and O–H groups in total. The molecule has 6 nitrogen and oxygen atoms in total. The quantitative estimate of drug-likeness (QED) is 0.407. The molecule has 3 aromatic rings. The van der Waals surface area contributed by atoms with Crippen LogP contribution in [-0.2, 0) is 22.4 Å². The number of hydrogen-bond donors (Lipinski definition) is 0. The van der Waals surface area contributed by atoms with Crippen LogP contribution in [0.4, 0.5) is 0 Å². The van der Waals surface area contributed by atoms with Crippen molar-refractivity contribution in [2.75, 3.05) is 0 Å². The molecule has 0 saturated carbocycles. The van der Waals surface area contributed by atoms with Crippen LogP contribution in [0.15, 0.2) is 40.3 Å². The van der Waals surface area contributed by atoms with Crippen molar-refractivity contribution in [2.45, 2.75) is 65.9 Å². The lowest BCUT2D eigenvalue weighted by molar-refractivity contribution is -0.149. The molecule has 7 heteroatoms. The molecule has 3 heterocycles. The second kappa shape index (κ2) is 9.14. The van der Waals surface area contributed by atoms with Crippen LogP contribution in [0.5, 0.6) is 0 Å². The minimum atomic E-state index is -0.589. The van der Waals surface area contributed by atoms with E-state index in [9.17, 15) is 9.59 Å². The fourth-order valence-electron chi connectivity index (χ4n) is 2.99. The summed E-state index contributed by atoms with van der Waals surface area (Å²) in [5.74, 6) is -0.0147. The molecule has 0 aliphatic heterocycles. The second-order valence-corrected chi connectivity index (χ2v) is 9.87. The predicted octanol–water partition coefficient (Wildman–Crippen LogP) is 4.80. The van der Waals surface area contributed by atoms with Gasteiger partial charge in [-0.15, -0.1) is 11.3 Å². The average Bonchev–Trinajstić information content (AvgIpc) is 3.16. The van der Waals surface area contributed by atoms with Gasteiger partial charge in [-0.1, -0.05) is 13.8 Å². The van der Waals surface area contributed by atoms with Gasteiger partial charge in [0.1, 0.15) is 11.2 Å². The highest BCUT2D eigenvalue weighted by molar-refractivity contribution is 7.09. The maximum Gasteiger partial charge on any atom is 0.334 e. The molecule has 0 spiro atoms.